The van der Waals surface area contributed by atoms with Crippen LogP contribution in [0, 0.1) is 11.8 Å². The van der Waals surface area contributed by atoms with Gasteiger partial charge in [0.15, 0.2) is 5.78 Å². The number of amides is 1. The zero-order valence-corrected chi connectivity index (χ0v) is 13.9. The van der Waals surface area contributed by atoms with Crippen LogP contribution in [-0.2, 0) is 11.8 Å². The first kappa shape index (κ1) is 16.3. The Morgan fingerprint density at radius 1 is 1.41 bits per heavy atom. The minimum atomic E-state index is -0.596. The summed E-state index contributed by atoms with van der Waals surface area (Å²) in [4.78, 5) is 29.0. The Labute approximate surface area is 130 Å². The van der Waals surface area contributed by atoms with Crippen molar-refractivity contribution in [1.29, 1.82) is 0 Å². The lowest BCUT2D eigenvalue weighted by Crippen LogP contribution is -2.29. The molecule has 1 aromatic heterocycles. The molecule has 1 atom stereocenters. The SMILES string of the molecule is CC(C)C1C=Nc2c(c(NC(=O)OC(C)(C)C)cn2C)C1=O. The zero-order valence-electron chi connectivity index (χ0n) is 13.9. The number of fused-ring (bicyclic) bond motifs is 1. The summed E-state index contributed by atoms with van der Waals surface area (Å²) in [6, 6.07) is 0. The summed E-state index contributed by atoms with van der Waals surface area (Å²) >= 11 is 0. The molecule has 0 aliphatic carbocycles. The molecule has 1 N–H and O–H groups in total. The van der Waals surface area contributed by atoms with Crippen LogP contribution in [0.25, 0.3) is 0 Å². The van der Waals surface area contributed by atoms with E-state index in [4.69, 9.17) is 4.74 Å². The van der Waals surface area contributed by atoms with Crippen LogP contribution in [-0.4, -0.2) is 28.3 Å². The fraction of sp³-hybridized carbons (Fsp3) is 0.562. The number of nitrogens with zero attached hydrogens (tertiary/aromatic N) is 2. The van der Waals surface area contributed by atoms with E-state index in [1.165, 1.54) is 0 Å². The van der Waals surface area contributed by atoms with E-state index < -0.39 is 11.7 Å². The number of nitrogens with one attached hydrogen (secondary N) is 1. The number of aryl methyl sites for hydroxylation is 1. The number of aliphatic imine (C=N–C) groups is 1. The van der Waals surface area contributed by atoms with Gasteiger partial charge in [0.2, 0.25) is 0 Å². The molecule has 0 saturated heterocycles. The van der Waals surface area contributed by atoms with Gasteiger partial charge in [-0.1, -0.05) is 13.8 Å². The molecule has 1 amide bonds. The maximum absolute atomic E-state index is 12.7. The molecule has 2 heterocycles. The lowest BCUT2D eigenvalue weighted by molar-refractivity contribution is 0.0636. The highest BCUT2D eigenvalue weighted by Crippen LogP contribution is 2.36. The number of aromatic nitrogens is 1. The predicted molar refractivity (Wildman–Crippen MR) is 86.1 cm³/mol. The van der Waals surface area contributed by atoms with Gasteiger partial charge < -0.3 is 9.30 Å². The van der Waals surface area contributed by atoms with E-state index in [0.29, 0.717) is 17.1 Å². The highest BCUT2D eigenvalue weighted by molar-refractivity contribution is 6.16. The van der Waals surface area contributed by atoms with Gasteiger partial charge in [-0.2, -0.15) is 0 Å². The van der Waals surface area contributed by atoms with E-state index >= 15 is 0 Å². The molecule has 6 heteroatoms. The number of ketones is 1. The number of hydrogen-bond acceptors (Lipinski definition) is 4. The normalized spacial score (nSPS) is 17.6. The van der Waals surface area contributed by atoms with E-state index in [0.717, 1.165) is 0 Å². The molecule has 1 aliphatic heterocycles. The molecule has 0 aromatic carbocycles. The summed E-state index contributed by atoms with van der Waals surface area (Å²) in [7, 11) is 1.79. The van der Waals surface area contributed by atoms with Gasteiger partial charge in [-0.05, 0) is 26.7 Å². The second kappa shape index (κ2) is 5.59. The van der Waals surface area contributed by atoms with Gasteiger partial charge in [0, 0.05) is 19.5 Å². The molecule has 0 radical (unpaired) electrons. The number of ether oxygens (including phenoxy) is 1. The first-order valence-electron chi connectivity index (χ1n) is 7.38. The molecular formula is C16H23N3O3. The standard InChI is InChI=1S/C16H23N3O3/c1-9(2)10-7-17-14-12(13(10)20)11(8-19(14)6)18-15(21)22-16(3,4)5/h7-10H,1-6H3,(H,18,21). The molecular weight excluding hydrogens is 282 g/mol. The zero-order chi connectivity index (χ0) is 16.7. The van der Waals surface area contributed by atoms with Crippen LogP contribution < -0.4 is 5.32 Å². The van der Waals surface area contributed by atoms with Crippen molar-refractivity contribution in [2.75, 3.05) is 5.32 Å². The van der Waals surface area contributed by atoms with Crippen LogP contribution in [0.4, 0.5) is 16.3 Å². The quantitative estimate of drug-likeness (QED) is 0.908. The van der Waals surface area contributed by atoms with Crippen molar-refractivity contribution in [2.24, 2.45) is 23.9 Å². The third-order valence-electron chi connectivity index (χ3n) is 3.41. The summed E-state index contributed by atoms with van der Waals surface area (Å²) < 4.78 is 6.97. The predicted octanol–water partition coefficient (Wildman–Crippen LogP) is 3.54. The molecule has 6 nitrogen and oxygen atoms in total. The minimum absolute atomic E-state index is 0.0216. The molecule has 1 aromatic rings. The summed E-state index contributed by atoms with van der Waals surface area (Å²) in [5.74, 6) is 0.424. The Morgan fingerprint density at radius 2 is 2.05 bits per heavy atom. The fourth-order valence-corrected chi connectivity index (χ4v) is 2.38. The molecule has 1 aliphatic rings. The van der Waals surface area contributed by atoms with E-state index in [-0.39, 0.29) is 17.6 Å². The van der Waals surface area contributed by atoms with Crippen molar-refractivity contribution >= 4 is 29.6 Å². The van der Waals surface area contributed by atoms with Gasteiger partial charge in [-0.3, -0.25) is 10.1 Å². The lowest BCUT2D eigenvalue weighted by Gasteiger charge is -2.21. The number of Topliss-reactive ketones (excluding diaryl/α,β-unsaturated/α-hetero) is 1. The van der Waals surface area contributed by atoms with Crippen molar-refractivity contribution < 1.29 is 14.3 Å². The van der Waals surface area contributed by atoms with Crippen molar-refractivity contribution in [3.05, 3.63) is 11.8 Å². The largest absolute Gasteiger partial charge is 0.444 e. The molecule has 0 bridgehead atoms. The van der Waals surface area contributed by atoms with Crippen LogP contribution in [0.1, 0.15) is 45.0 Å². The summed E-state index contributed by atoms with van der Waals surface area (Å²) in [5.41, 5.74) is 0.301. The number of anilines is 1. The second-order valence-corrected chi connectivity index (χ2v) is 6.89. The Hall–Kier alpha value is -2.11. The average molecular weight is 305 g/mol. The third kappa shape index (κ3) is 3.21. The van der Waals surface area contributed by atoms with Crippen molar-refractivity contribution in [2.45, 2.75) is 40.2 Å². The van der Waals surface area contributed by atoms with Crippen LogP contribution in [0.15, 0.2) is 11.2 Å². The van der Waals surface area contributed by atoms with Crippen molar-refractivity contribution in [3.63, 3.8) is 0 Å². The van der Waals surface area contributed by atoms with E-state index in [1.54, 1.807) is 44.8 Å². The number of rotatable bonds is 2. The van der Waals surface area contributed by atoms with E-state index in [1.807, 2.05) is 13.8 Å². The number of carbonyl (C=O) groups is 2. The summed E-state index contributed by atoms with van der Waals surface area (Å²) in [6.07, 6.45) is 2.79. The topological polar surface area (TPSA) is 72.7 Å². The highest BCUT2D eigenvalue weighted by atomic mass is 16.6. The van der Waals surface area contributed by atoms with Gasteiger partial charge in [0.05, 0.1) is 17.2 Å². The van der Waals surface area contributed by atoms with Gasteiger partial charge in [0.25, 0.3) is 0 Å². The molecule has 0 fully saturated rings. The van der Waals surface area contributed by atoms with Crippen molar-refractivity contribution in [1.82, 2.24) is 4.57 Å². The first-order chi connectivity index (χ1) is 10.1. The average Bonchev–Trinajstić information content (AvgIpc) is 2.64. The van der Waals surface area contributed by atoms with Crippen LogP contribution >= 0.6 is 0 Å². The smallest absolute Gasteiger partial charge is 0.412 e. The number of hydrogen-bond donors (Lipinski definition) is 1. The van der Waals surface area contributed by atoms with Crippen LogP contribution in [0.3, 0.4) is 0 Å². The minimum Gasteiger partial charge on any atom is -0.444 e. The Morgan fingerprint density at radius 3 is 2.59 bits per heavy atom. The first-order valence-corrected chi connectivity index (χ1v) is 7.38. The van der Waals surface area contributed by atoms with E-state index in [2.05, 4.69) is 10.3 Å². The van der Waals surface area contributed by atoms with Crippen molar-refractivity contribution in [3.8, 4) is 0 Å². The molecule has 22 heavy (non-hydrogen) atoms. The second-order valence-electron chi connectivity index (χ2n) is 6.89. The van der Waals surface area contributed by atoms with Gasteiger partial charge in [0.1, 0.15) is 11.4 Å². The van der Waals surface area contributed by atoms with Gasteiger partial charge in [-0.15, -0.1) is 0 Å². The van der Waals surface area contributed by atoms with Gasteiger partial charge in [-0.25, -0.2) is 9.79 Å². The Bertz CT molecular complexity index is 636. The maximum Gasteiger partial charge on any atom is 0.412 e. The Kier molecular flexibility index (Phi) is 4.13. The lowest BCUT2D eigenvalue weighted by atomic mass is 9.87. The molecule has 1 unspecified atom stereocenters. The highest BCUT2D eigenvalue weighted by Gasteiger charge is 2.32. The fourth-order valence-electron chi connectivity index (χ4n) is 2.38. The summed E-state index contributed by atoms with van der Waals surface area (Å²) in [6.45, 7) is 9.32. The van der Waals surface area contributed by atoms with Crippen LogP contribution in [0.2, 0.25) is 0 Å². The molecule has 120 valence electrons. The molecule has 0 saturated carbocycles. The van der Waals surface area contributed by atoms with E-state index in [9.17, 15) is 9.59 Å². The molecule has 0 spiro atoms. The summed E-state index contributed by atoms with van der Waals surface area (Å²) in [5, 5.41) is 2.66. The maximum atomic E-state index is 12.7. The third-order valence-corrected chi connectivity index (χ3v) is 3.41. The molecule has 2 rings (SSSR count). The Balaban J connectivity index is 2.32. The van der Waals surface area contributed by atoms with Gasteiger partial charge >= 0.3 is 6.09 Å². The monoisotopic (exact) mass is 305 g/mol. The van der Waals surface area contributed by atoms with Crippen LogP contribution in [0.5, 0.6) is 0 Å². The number of carbonyl (C=O) groups excluding carboxylic acids is 2.